The molecule has 0 heterocycles. The highest BCUT2D eigenvalue weighted by Gasteiger charge is 2.02. The van der Waals surface area contributed by atoms with Gasteiger partial charge in [0.1, 0.15) is 5.75 Å². The summed E-state index contributed by atoms with van der Waals surface area (Å²) in [5.41, 5.74) is 2.05. The number of aliphatic hydroxyl groups is 1. The van der Waals surface area contributed by atoms with Gasteiger partial charge in [0, 0.05) is 6.42 Å². The second-order valence-corrected chi connectivity index (χ2v) is 4.99. The molecule has 1 atom stereocenters. The lowest BCUT2D eigenvalue weighted by Crippen LogP contribution is -2.03. The van der Waals surface area contributed by atoms with Crippen LogP contribution in [-0.4, -0.2) is 18.3 Å². The summed E-state index contributed by atoms with van der Waals surface area (Å²) in [6, 6.07) is 17.7. The van der Waals surface area contributed by atoms with Crippen molar-refractivity contribution >= 4 is 0 Å². The first kappa shape index (κ1) is 15.5. The highest BCUT2D eigenvalue weighted by molar-refractivity contribution is 5.29. The average molecular weight is 286 g/mol. The molecular formula is C18H22O3. The van der Waals surface area contributed by atoms with Crippen molar-refractivity contribution in [2.75, 3.05) is 13.2 Å². The highest BCUT2D eigenvalue weighted by atomic mass is 16.5. The van der Waals surface area contributed by atoms with Gasteiger partial charge in [0.25, 0.3) is 0 Å². The van der Waals surface area contributed by atoms with E-state index in [2.05, 4.69) is 12.1 Å². The van der Waals surface area contributed by atoms with E-state index in [4.69, 9.17) is 9.47 Å². The summed E-state index contributed by atoms with van der Waals surface area (Å²) in [5, 5.41) is 9.52. The molecule has 0 fully saturated rings. The van der Waals surface area contributed by atoms with E-state index in [1.165, 1.54) is 5.56 Å². The Balaban J connectivity index is 1.62. The fourth-order valence-corrected chi connectivity index (χ4v) is 1.98. The summed E-state index contributed by atoms with van der Waals surface area (Å²) in [6.45, 7) is 3.66. The van der Waals surface area contributed by atoms with Gasteiger partial charge in [0.05, 0.1) is 25.9 Å². The van der Waals surface area contributed by atoms with Gasteiger partial charge in [-0.2, -0.15) is 0 Å². The molecule has 0 saturated carbocycles. The van der Waals surface area contributed by atoms with Gasteiger partial charge in [-0.15, -0.1) is 0 Å². The van der Waals surface area contributed by atoms with Crippen molar-refractivity contribution < 1.29 is 14.6 Å². The van der Waals surface area contributed by atoms with Crippen LogP contribution in [0.5, 0.6) is 5.75 Å². The molecule has 2 aromatic rings. The van der Waals surface area contributed by atoms with E-state index in [1.807, 2.05) is 42.5 Å². The first-order valence-corrected chi connectivity index (χ1v) is 7.28. The molecule has 1 N–H and O–H groups in total. The number of aliphatic hydroxyl groups excluding tert-OH is 1. The SMILES string of the molecule is CC(O)c1cccc(OCCCOCc2ccccc2)c1. The van der Waals surface area contributed by atoms with Crippen LogP contribution >= 0.6 is 0 Å². The Labute approximate surface area is 126 Å². The Bertz CT molecular complexity index is 523. The zero-order valence-electron chi connectivity index (χ0n) is 12.4. The molecule has 0 saturated heterocycles. The van der Waals surface area contributed by atoms with Gasteiger partial charge in [-0.25, -0.2) is 0 Å². The quantitative estimate of drug-likeness (QED) is 0.752. The Morgan fingerprint density at radius 1 is 1.00 bits per heavy atom. The predicted molar refractivity (Wildman–Crippen MR) is 83.3 cm³/mol. The van der Waals surface area contributed by atoms with Crippen LogP contribution in [0.25, 0.3) is 0 Å². The molecule has 21 heavy (non-hydrogen) atoms. The van der Waals surface area contributed by atoms with E-state index < -0.39 is 6.10 Å². The number of hydrogen-bond donors (Lipinski definition) is 1. The summed E-state index contributed by atoms with van der Waals surface area (Å²) in [6.07, 6.45) is 0.369. The first-order chi connectivity index (χ1) is 10.3. The molecule has 1 unspecified atom stereocenters. The number of ether oxygens (including phenoxy) is 2. The number of rotatable bonds is 8. The van der Waals surface area contributed by atoms with E-state index in [0.29, 0.717) is 19.8 Å². The van der Waals surface area contributed by atoms with Gasteiger partial charge in [0.15, 0.2) is 0 Å². The highest BCUT2D eigenvalue weighted by Crippen LogP contribution is 2.18. The van der Waals surface area contributed by atoms with Gasteiger partial charge in [0.2, 0.25) is 0 Å². The second-order valence-electron chi connectivity index (χ2n) is 4.99. The van der Waals surface area contributed by atoms with Crippen LogP contribution in [0.4, 0.5) is 0 Å². The van der Waals surface area contributed by atoms with Crippen LogP contribution in [0.15, 0.2) is 54.6 Å². The molecule has 0 spiro atoms. The molecule has 0 radical (unpaired) electrons. The van der Waals surface area contributed by atoms with Crippen LogP contribution in [-0.2, 0) is 11.3 Å². The van der Waals surface area contributed by atoms with Crippen LogP contribution < -0.4 is 4.74 Å². The van der Waals surface area contributed by atoms with E-state index in [1.54, 1.807) is 6.92 Å². The zero-order valence-corrected chi connectivity index (χ0v) is 12.4. The minimum atomic E-state index is -0.470. The van der Waals surface area contributed by atoms with Gasteiger partial charge in [-0.05, 0) is 30.2 Å². The number of benzene rings is 2. The lowest BCUT2D eigenvalue weighted by Gasteiger charge is -2.10. The summed E-state index contributed by atoms with van der Waals surface area (Å²) in [7, 11) is 0. The fourth-order valence-electron chi connectivity index (χ4n) is 1.98. The molecule has 112 valence electrons. The van der Waals surface area contributed by atoms with Gasteiger partial charge in [-0.3, -0.25) is 0 Å². The van der Waals surface area contributed by atoms with Crippen molar-refractivity contribution in [3.8, 4) is 5.75 Å². The normalized spacial score (nSPS) is 12.1. The molecule has 0 aliphatic heterocycles. The number of hydrogen-bond acceptors (Lipinski definition) is 3. The van der Waals surface area contributed by atoms with Crippen molar-refractivity contribution in [3.05, 3.63) is 65.7 Å². The van der Waals surface area contributed by atoms with Gasteiger partial charge in [-0.1, -0.05) is 42.5 Å². The Kier molecular flexibility index (Phi) is 6.25. The smallest absolute Gasteiger partial charge is 0.119 e. The largest absolute Gasteiger partial charge is 0.493 e. The molecule has 0 aromatic heterocycles. The monoisotopic (exact) mass is 286 g/mol. The van der Waals surface area contributed by atoms with E-state index >= 15 is 0 Å². The van der Waals surface area contributed by atoms with Crippen molar-refractivity contribution in [2.45, 2.75) is 26.1 Å². The molecular weight excluding hydrogens is 264 g/mol. The van der Waals surface area contributed by atoms with Crippen molar-refractivity contribution in [1.29, 1.82) is 0 Å². The minimum absolute atomic E-state index is 0.470. The molecule has 3 heteroatoms. The van der Waals surface area contributed by atoms with E-state index in [0.717, 1.165) is 17.7 Å². The maximum absolute atomic E-state index is 9.52. The molecule has 0 aliphatic carbocycles. The van der Waals surface area contributed by atoms with Crippen molar-refractivity contribution in [2.24, 2.45) is 0 Å². The predicted octanol–water partition coefficient (Wildman–Crippen LogP) is 3.73. The Morgan fingerprint density at radius 2 is 1.81 bits per heavy atom. The fraction of sp³-hybridized carbons (Fsp3) is 0.333. The van der Waals surface area contributed by atoms with Gasteiger partial charge < -0.3 is 14.6 Å². The lowest BCUT2D eigenvalue weighted by atomic mass is 10.1. The topological polar surface area (TPSA) is 38.7 Å². The third-order valence-corrected chi connectivity index (χ3v) is 3.15. The maximum Gasteiger partial charge on any atom is 0.119 e. The van der Waals surface area contributed by atoms with Crippen LogP contribution in [0.3, 0.4) is 0 Å². The van der Waals surface area contributed by atoms with Crippen molar-refractivity contribution in [1.82, 2.24) is 0 Å². The third-order valence-electron chi connectivity index (χ3n) is 3.15. The van der Waals surface area contributed by atoms with E-state index in [9.17, 15) is 5.11 Å². The molecule has 2 rings (SSSR count). The van der Waals surface area contributed by atoms with Crippen LogP contribution in [0, 0.1) is 0 Å². The molecule has 0 aliphatic rings. The zero-order chi connectivity index (χ0) is 14.9. The summed E-state index contributed by atoms with van der Waals surface area (Å²) < 4.78 is 11.3. The average Bonchev–Trinajstić information content (AvgIpc) is 2.52. The second kappa shape index (κ2) is 8.45. The van der Waals surface area contributed by atoms with Crippen LogP contribution in [0.2, 0.25) is 0 Å². The Morgan fingerprint density at radius 3 is 2.57 bits per heavy atom. The minimum Gasteiger partial charge on any atom is -0.493 e. The molecule has 3 nitrogen and oxygen atoms in total. The summed E-state index contributed by atoms with van der Waals surface area (Å²) in [5.74, 6) is 0.788. The van der Waals surface area contributed by atoms with E-state index in [-0.39, 0.29) is 0 Å². The molecule has 0 amide bonds. The third kappa shape index (κ3) is 5.58. The van der Waals surface area contributed by atoms with Gasteiger partial charge >= 0.3 is 0 Å². The summed E-state index contributed by atoms with van der Waals surface area (Å²) >= 11 is 0. The first-order valence-electron chi connectivity index (χ1n) is 7.28. The lowest BCUT2D eigenvalue weighted by molar-refractivity contribution is 0.107. The van der Waals surface area contributed by atoms with Crippen molar-refractivity contribution in [3.63, 3.8) is 0 Å². The standard InChI is InChI=1S/C18H22O3/c1-15(19)17-9-5-10-18(13-17)21-12-6-11-20-14-16-7-3-2-4-8-16/h2-5,7-10,13,15,19H,6,11-12,14H2,1H3. The molecule has 2 aromatic carbocycles. The summed E-state index contributed by atoms with van der Waals surface area (Å²) in [4.78, 5) is 0. The van der Waals surface area contributed by atoms with Crippen LogP contribution in [0.1, 0.15) is 30.6 Å². The molecule has 0 bridgehead atoms. The maximum atomic E-state index is 9.52. The Hall–Kier alpha value is -1.84.